The molecule has 0 saturated heterocycles. The Morgan fingerprint density at radius 3 is 3.00 bits per heavy atom. The van der Waals surface area contributed by atoms with Crippen LogP contribution >= 0.6 is 0 Å². The average Bonchev–Trinajstić information content (AvgIpc) is 2.12. The van der Waals surface area contributed by atoms with Crippen LogP contribution in [-0.4, -0.2) is 16.8 Å². The summed E-state index contributed by atoms with van der Waals surface area (Å²) in [4.78, 5) is 10.2. The molecule has 1 heterocycles. The van der Waals surface area contributed by atoms with Gasteiger partial charge in [-0.1, -0.05) is 0 Å². The van der Waals surface area contributed by atoms with Crippen molar-refractivity contribution in [2.75, 3.05) is 0 Å². The molecule has 0 aromatic rings. The van der Waals surface area contributed by atoms with Crippen LogP contribution in [-0.2, 0) is 9.53 Å². The molecule has 0 saturated carbocycles. The molecule has 1 atom stereocenters. The zero-order valence-corrected chi connectivity index (χ0v) is 5.41. The Kier molecular flexibility index (Phi) is 1.63. The van der Waals surface area contributed by atoms with Crippen molar-refractivity contribution in [2.45, 2.75) is 18.6 Å². The molecule has 1 aliphatic heterocycles. The number of nitrogens with two attached hydrogens (primary N) is 1. The maximum atomic E-state index is 10.2. The average molecular weight is 143 g/mol. The Morgan fingerprint density at radius 2 is 2.60 bits per heavy atom. The Morgan fingerprint density at radius 1 is 1.90 bits per heavy atom. The second kappa shape index (κ2) is 2.30. The zero-order valence-electron chi connectivity index (χ0n) is 5.41. The third kappa shape index (κ3) is 1.48. The lowest BCUT2D eigenvalue weighted by Gasteiger charge is -2.20. The van der Waals surface area contributed by atoms with E-state index in [1.807, 2.05) is 0 Å². The molecule has 56 valence electrons. The Hall–Kier alpha value is -1.03. The maximum absolute atomic E-state index is 10.2. The number of carboxylic acid groups (broad SMARTS) is 1. The summed E-state index contributed by atoms with van der Waals surface area (Å²) in [5.74, 6) is -0.939. The molecule has 0 radical (unpaired) electrons. The lowest BCUT2D eigenvalue weighted by Crippen LogP contribution is -2.40. The largest absolute Gasteiger partial charge is 0.481 e. The number of hydrogen-bond acceptors (Lipinski definition) is 3. The monoisotopic (exact) mass is 143 g/mol. The van der Waals surface area contributed by atoms with Crippen molar-refractivity contribution in [3.63, 3.8) is 0 Å². The molecular formula is C6H9NO3. The van der Waals surface area contributed by atoms with Crippen LogP contribution in [0.1, 0.15) is 12.8 Å². The molecule has 0 aromatic carbocycles. The molecule has 0 aliphatic carbocycles. The van der Waals surface area contributed by atoms with E-state index in [0.29, 0.717) is 6.42 Å². The van der Waals surface area contributed by atoms with E-state index < -0.39 is 11.7 Å². The zero-order chi connectivity index (χ0) is 7.61. The van der Waals surface area contributed by atoms with Gasteiger partial charge in [0.2, 0.25) is 0 Å². The number of aliphatic carboxylic acids is 1. The Labute approximate surface area is 58.3 Å². The molecule has 10 heavy (non-hydrogen) atoms. The first-order valence-corrected chi connectivity index (χ1v) is 2.96. The van der Waals surface area contributed by atoms with Crippen molar-refractivity contribution >= 4 is 5.97 Å². The van der Waals surface area contributed by atoms with Crippen LogP contribution in [0.4, 0.5) is 0 Å². The lowest BCUT2D eigenvalue weighted by molar-refractivity contribution is -0.142. The number of ether oxygens (including phenoxy) is 1. The second-order valence-electron chi connectivity index (χ2n) is 2.33. The van der Waals surface area contributed by atoms with Crippen LogP contribution in [0.25, 0.3) is 0 Å². The first-order valence-electron chi connectivity index (χ1n) is 2.96. The van der Waals surface area contributed by atoms with Gasteiger partial charge < -0.3 is 9.84 Å². The summed E-state index contributed by atoms with van der Waals surface area (Å²) < 4.78 is 4.87. The van der Waals surface area contributed by atoms with Crippen LogP contribution in [0.5, 0.6) is 0 Å². The van der Waals surface area contributed by atoms with Gasteiger partial charge in [-0.05, 0) is 6.08 Å². The van der Waals surface area contributed by atoms with Gasteiger partial charge in [-0.15, -0.1) is 0 Å². The highest BCUT2D eigenvalue weighted by Crippen LogP contribution is 2.20. The molecule has 4 nitrogen and oxygen atoms in total. The van der Waals surface area contributed by atoms with Crippen LogP contribution in [0.2, 0.25) is 0 Å². The fraction of sp³-hybridized carbons (Fsp3) is 0.500. The summed E-state index contributed by atoms with van der Waals surface area (Å²) in [6.45, 7) is 0. The number of carbonyl (C=O) groups is 1. The van der Waals surface area contributed by atoms with Crippen LogP contribution in [0.15, 0.2) is 12.3 Å². The number of carboxylic acids is 1. The van der Waals surface area contributed by atoms with E-state index in [9.17, 15) is 4.79 Å². The predicted octanol–water partition coefficient (Wildman–Crippen LogP) is 0.0501. The van der Waals surface area contributed by atoms with Crippen molar-refractivity contribution in [2.24, 2.45) is 5.73 Å². The third-order valence-electron chi connectivity index (χ3n) is 1.31. The van der Waals surface area contributed by atoms with Crippen LogP contribution in [0, 0.1) is 0 Å². The quantitative estimate of drug-likeness (QED) is 0.572. The van der Waals surface area contributed by atoms with E-state index in [0.717, 1.165) is 0 Å². The van der Waals surface area contributed by atoms with Crippen molar-refractivity contribution < 1.29 is 14.6 Å². The van der Waals surface area contributed by atoms with Gasteiger partial charge in [0, 0.05) is 6.42 Å². The minimum atomic E-state index is -0.994. The summed E-state index contributed by atoms with van der Waals surface area (Å²) in [6, 6.07) is 0. The number of rotatable bonds is 2. The van der Waals surface area contributed by atoms with E-state index in [-0.39, 0.29) is 6.42 Å². The molecule has 3 N–H and O–H groups in total. The predicted molar refractivity (Wildman–Crippen MR) is 34.0 cm³/mol. The number of hydrogen-bond donors (Lipinski definition) is 2. The third-order valence-corrected chi connectivity index (χ3v) is 1.31. The first kappa shape index (κ1) is 7.08. The van der Waals surface area contributed by atoms with E-state index in [1.165, 1.54) is 6.26 Å². The summed E-state index contributed by atoms with van der Waals surface area (Å²) in [5, 5.41) is 8.35. The molecule has 0 unspecified atom stereocenters. The molecule has 0 amide bonds. The minimum Gasteiger partial charge on any atom is -0.481 e. The van der Waals surface area contributed by atoms with Crippen molar-refractivity contribution in [3.05, 3.63) is 12.3 Å². The summed E-state index contributed by atoms with van der Waals surface area (Å²) in [6.07, 6.45) is 3.46. The normalized spacial score (nSPS) is 30.1. The summed E-state index contributed by atoms with van der Waals surface area (Å²) >= 11 is 0. The van der Waals surface area contributed by atoms with Crippen LogP contribution in [0.3, 0.4) is 0 Å². The fourth-order valence-electron chi connectivity index (χ4n) is 0.849. The van der Waals surface area contributed by atoms with Gasteiger partial charge in [0.25, 0.3) is 0 Å². The van der Waals surface area contributed by atoms with Gasteiger partial charge in [-0.2, -0.15) is 0 Å². The van der Waals surface area contributed by atoms with Crippen molar-refractivity contribution in [1.29, 1.82) is 0 Å². The molecule has 1 rings (SSSR count). The molecular weight excluding hydrogens is 134 g/mol. The standard InChI is InChI=1S/C6H9NO3/c7-6(4-5(8)9)2-1-3-10-6/h1,3H,2,4,7H2,(H,8,9)/t6-/m1/s1. The van der Waals surface area contributed by atoms with Gasteiger partial charge in [-0.3, -0.25) is 10.5 Å². The van der Waals surface area contributed by atoms with E-state index in [4.69, 9.17) is 15.6 Å². The summed E-state index contributed by atoms with van der Waals surface area (Å²) in [7, 11) is 0. The molecule has 1 aliphatic rings. The van der Waals surface area contributed by atoms with Gasteiger partial charge >= 0.3 is 5.97 Å². The Bertz CT molecular complexity index is 168. The fourth-order valence-corrected chi connectivity index (χ4v) is 0.849. The van der Waals surface area contributed by atoms with Gasteiger partial charge in [0.15, 0.2) is 5.72 Å². The Balaban J connectivity index is 2.46. The minimum absolute atomic E-state index is 0.153. The SMILES string of the molecule is N[C@]1(CC(=O)O)CC=CO1. The molecule has 4 heteroatoms. The van der Waals surface area contributed by atoms with E-state index in [2.05, 4.69) is 0 Å². The second-order valence-corrected chi connectivity index (χ2v) is 2.33. The van der Waals surface area contributed by atoms with Gasteiger partial charge in [-0.25, -0.2) is 0 Å². The van der Waals surface area contributed by atoms with Crippen molar-refractivity contribution in [1.82, 2.24) is 0 Å². The highest BCUT2D eigenvalue weighted by atomic mass is 16.5. The van der Waals surface area contributed by atoms with Crippen molar-refractivity contribution in [3.8, 4) is 0 Å². The topological polar surface area (TPSA) is 72.6 Å². The molecule has 0 fully saturated rings. The molecule has 0 spiro atoms. The maximum Gasteiger partial charge on any atom is 0.308 e. The summed E-state index contributed by atoms with van der Waals surface area (Å²) in [5.41, 5.74) is 4.50. The smallest absolute Gasteiger partial charge is 0.308 e. The van der Waals surface area contributed by atoms with Gasteiger partial charge in [0.05, 0.1) is 12.7 Å². The van der Waals surface area contributed by atoms with Crippen LogP contribution < -0.4 is 5.73 Å². The highest BCUT2D eigenvalue weighted by Gasteiger charge is 2.30. The first-order chi connectivity index (χ1) is 4.62. The highest BCUT2D eigenvalue weighted by molar-refractivity contribution is 5.68. The van der Waals surface area contributed by atoms with E-state index in [1.54, 1.807) is 6.08 Å². The molecule has 0 aromatic heterocycles. The van der Waals surface area contributed by atoms with E-state index >= 15 is 0 Å². The lowest BCUT2D eigenvalue weighted by atomic mass is 10.1. The molecule has 0 bridgehead atoms. The van der Waals surface area contributed by atoms with Gasteiger partial charge in [0.1, 0.15) is 0 Å².